The standard InChI is InChI=1S/C14H19BrO3/c1-16-12-7-11(9-15)8-13(17-2)14(12)18-6-5-10-3-4-10/h7-8,10H,3-6,9H2,1-2H3. The van der Waals surface area contributed by atoms with Gasteiger partial charge in [-0.2, -0.15) is 0 Å². The Bertz CT molecular complexity index is 377. The summed E-state index contributed by atoms with van der Waals surface area (Å²) in [4.78, 5) is 0. The second-order valence-electron chi connectivity index (χ2n) is 4.54. The number of rotatable bonds is 7. The van der Waals surface area contributed by atoms with Gasteiger partial charge in [0.2, 0.25) is 5.75 Å². The highest BCUT2D eigenvalue weighted by Crippen LogP contribution is 2.40. The number of methoxy groups -OCH3 is 2. The summed E-state index contributed by atoms with van der Waals surface area (Å²) in [5.74, 6) is 3.05. The van der Waals surface area contributed by atoms with Crippen LogP contribution in [-0.4, -0.2) is 20.8 Å². The molecule has 0 unspecified atom stereocenters. The highest BCUT2D eigenvalue weighted by molar-refractivity contribution is 9.08. The first-order chi connectivity index (χ1) is 8.78. The van der Waals surface area contributed by atoms with E-state index in [1.54, 1.807) is 14.2 Å². The number of hydrogen-bond acceptors (Lipinski definition) is 3. The Morgan fingerprint density at radius 2 is 1.78 bits per heavy atom. The summed E-state index contributed by atoms with van der Waals surface area (Å²) in [7, 11) is 3.31. The van der Waals surface area contributed by atoms with E-state index in [0.717, 1.165) is 41.3 Å². The summed E-state index contributed by atoms with van der Waals surface area (Å²) in [6.07, 6.45) is 3.81. The van der Waals surface area contributed by atoms with Crippen LogP contribution in [-0.2, 0) is 5.33 Å². The van der Waals surface area contributed by atoms with E-state index in [0.29, 0.717) is 5.75 Å². The van der Waals surface area contributed by atoms with Gasteiger partial charge < -0.3 is 14.2 Å². The fourth-order valence-corrected chi connectivity index (χ4v) is 2.21. The van der Waals surface area contributed by atoms with Crippen molar-refractivity contribution in [2.75, 3.05) is 20.8 Å². The molecule has 0 aliphatic heterocycles. The van der Waals surface area contributed by atoms with Gasteiger partial charge >= 0.3 is 0 Å². The Morgan fingerprint density at radius 3 is 2.22 bits per heavy atom. The Kier molecular flexibility index (Phi) is 4.75. The molecule has 0 heterocycles. The van der Waals surface area contributed by atoms with Crippen molar-refractivity contribution in [3.05, 3.63) is 17.7 Å². The summed E-state index contributed by atoms with van der Waals surface area (Å²) >= 11 is 3.44. The van der Waals surface area contributed by atoms with Gasteiger partial charge in [-0.3, -0.25) is 0 Å². The molecule has 1 saturated carbocycles. The zero-order valence-corrected chi connectivity index (χ0v) is 12.5. The Morgan fingerprint density at radius 1 is 1.17 bits per heavy atom. The molecule has 0 atom stereocenters. The first-order valence-corrected chi connectivity index (χ1v) is 7.34. The molecule has 1 aliphatic rings. The van der Waals surface area contributed by atoms with E-state index in [1.807, 2.05) is 12.1 Å². The topological polar surface area (TPSA) is 27.7 Å². The van der Waals surface area contributed by atoms with Crippen LogP contribution >= 0.6 is 15.9 Å². The maximum atomic E-state index is 5.84. The molecule has 0 aromatic heterocycles. The van der Waals surface area contributed by atoms with Crippen LogP contribution in [0.25, 0.3) is 0 Å². The van der Waals surface area contributed by atoms with Crippen LogP contribution in [0.2, 0.25) is 0 Å². The predicted molar refractivity (Wildman–Crippen MR) is 75.0 cm³/mol. The van der Waals surface area contributed by atoms with Crippen molar-refractivity contribution in [2.45, 2.75) is 24.6 Å². The van der Waals surface area contributed by atoms with Crippen LogP contribution in [0.15, 0.2) is 12.1 Å². The first-order valence-electron chi connectivity index (χ1n) is 6.22. The molecule has 1 aromatic carbocycles. The quantitative estimate of drug-likeness (QED) is 0.717. The van der Waals surface area contributed by atoms with E-state index in [1.165, 1.54) is 12.8 Å². The number of ether oxygens (including phenoxy) is 3. The van der Waals surface area contributed by atoms with Gasteiger partial charge in [0.1, 0.15) is 0 Å². The minimum absolute atomic E-state index is 0.713. The molecule has 3 nitrogen and oxygen atoms in total. The maximum absolute atomic E-state index is 5.84. The van der Waals surface area contributed by atoms with Crippen molar-refractivity contribution >= 4 is 15.9 Å². The van der Waals surface area contributed by atoms with E-state index < -0.39 is 0 Å². The maximum Gasteiger partial charge on any atom is 0.203 e. The molecule has 0 N–H and O–H groups in total. The smallest absolute Gasteiger partial charge is 0.203 e. The van der Waals surface area contributed by atoms with Gasteiger partial charge in [0, 0.05) is 5.33 Å². The molecule has 0 spiro atoms. The normalized spacial score (nSPS) is 14.4. The van der Waals surface area contributed by atoms with Gasteiger partial charge in [-0.15, -0.1) is 0 Å². The SMILES string of the molecule is COc1cc(CBr)cc(OC)c1OCCC1CC1. The molecule has 18 heavy (non-hydrogen) atoms. The molecule has 0 amide bonds. The lowest BCUT2D eigenvalue weighted by Gasteiger charge is -2.15. The van der Waals surface area contributed by atoms with Crippen LogP contribution < -0.4 is 14.2 Å². The van der Waals surface area contributed by atoms with E-state index in [-0.39, 0.29) is 0 Å². The number of benzene rings is 1. The summed E-state index contributed by atoms with van der Waals surface area (Å²) in [5.41, 5.74) is 1.11. The Balaban J connectivity index is 2.12. The monoisotopic (exact) mass is 314 g/mol. The number of hydrogen-bond donors (Lipinski definition) is 0. The highest BCUT2D eigenvalue weighted by Gasteiger charge is 2.21. The van der Waals surface area contributed by atoms with Gasteiger partial charge in [0.15, 0.2) is 11.5 Å². The molecular formula is C14H19BrO3. The van der Waals surface area contributed by atoms with Crippen molar-refractivity contribution in [3.8, 4) is 17.2 Å². The largest absolute Gasteiger partial charge is 0.493 e. The van der Waals surface area contributed by atoms with E-state index in [2.05, 4.69) is 15.9 Å². The van der Waals surface area contributed by atoms with Gasteiger partial charge in [-0.1, -0.05) is 28.8 Å². The lowest BCUT2D eigenvalue weighted by molar-refractivity contribution is 0.265. The lowest BCUT2D eigenvalue weighted by Crippen LogP contribution is -2.02. The van der Waals surface area contributed by atoms with Gasteiger partial charge in [-0.05, 0) is 30.0 Å². The molecule has 0 saturated heterocycles. The fourth-order valence-electron chi connectivity index (χ4n) is 1.89. The second kappa shape index (κ2) is 6.32. The van der Waals surface area contributed by atoms with Crippen LogP contribution in [0, 0.1) is 5.92 Å². The van der Waals surface area contributed by atoms with Crippen LogP contribution in [0.5, 0.6) is 17.2 Å². The summed E-state index contributed by atoms with van der Waals surface area (Å²) in [6, 6.07) is 3.95. The van der Waals surface area contributed by atoms with Gasteiger partial charge in [0.25, 0.3) is 0 Å². The zero-order chi connectivity index (χ0) is 13.0. The first kappa shape index (κ1) is 13.5. The molecule has 100 valence electrons. The van der Waals surface area contributed by atoms with Crippen LogP contribution in [0.4, 0.5) is 0 Å². The lowest BCUT2D eigenvalue weighted by atomic mass is 10.2. The van der Waals surface area contributed by atoms with E-state index >= 15 is 0 Å². The molecule has 0 radical (unpaired) electrons. The van der Waals surface area contributed by atoms with Crippen molar-refractivity contribution in [2.24, 2.45) is 5.92 Å². The third kappa shape index (κ3) is 3.31. The molecular weight excluding hydrogens is 296 g/mol. The Labute approximate surface area is 117 Å². The zero-order valence-electron chi connectivity index (χ0n) is 10.9. The van der Waals surface area contributed by atoms with E-state index in [4.69, 9.17) is 14.2 Å². The predicted octanol–water partition coefficient (Wildman–Crippen LogP) is 3.78. The molecule has 1 fully saturated rings. The molecule has 0 bridgehead atoms. The number of alkyl halides is 1. The van der Waals surface area contributed by atoms with Crippen molar-refractivity contribution in [1.82, 2.24) is 0 Å². The van der Waals surface area contributed by atoms with Crippen molar-refractivity contribution < 1.29 is 14.2 Å². The molecule has 1 aromatic rings. The molecule has 1 aliphatic carbocycles. The third-order valence-corrected chi connectivity index (χ3v) is 3.79. The van der Waals surface area contributed by atoms with Crippen LogP contribution in [0.3, 0.4) is 0 Å². The van der Waals surface area contributed by atoms with Gasteiger partial charge in [-0.25, -0.2) is 0 Å². The van der Waals surface area contributed by atoms with Crippen LogP contribution in [0.1, 0.15) is 24.8 Å². The van der Waals surface area contributed by atoms with Gasteiger partial charge in [0.05, 0.1) is 20.8 Å². The average Bonchev–Trinajstić information content (AvgIpc) is 3.22. The second-order valence-corrected chi connectivity index (χ2v) is 5.10. The fraction of sp³-hybridized carbons (Fsp3) is 0.571. The number of halogens is 1. The highest BCUT2D eigenvalue weighted by atomic mass is 79.9. The van der Waals surface area contributed by atoms with Crippen molar-refractivity contribution in [3.63, 3.8) is 0 Å². The minimum Gasteiger partial charge on any atom is -0.493 e. The Hall–Kier alpha value is -0.900. The molecule has 4 heteroatoms. The molecule has 2 rings (SSSR count). The average molecular weight is 315 g/mol. The van der Waals surface area contributed by atoms with E-state index in [9.17, 15) is 0 Å². The summed E-state index contributed by atoms with van der Waals surface area (Å²) < 4.78 is 16.6. The minimum atomic E-state index is 0.713. The third-order valence-electron chi connectivity index (χ3n) is 3.14. The summed E-state index contributed by atoms with van der Waals surface area (Å²) in [5, 5.41) is 0.766. The summed E-state index contributed by atoms with van der Waals surface area (Å²) in [6.45, 7) is 0.727. The van der Waals surface area contributed by atoms with Crippen molar-refractivity contribution in [1.29, 1.82) is 0 Å².